The van der Waals surface area contributed by atoms with Gasteiger partial charge in [0.05, 0.1) is 4.92 Å². The summed E-state index contributed by atoms with van der Waals surface area (Å²) in [6, 6.07) is 4.59. The molecule has 2 rings (SSSR count). The number of amides is 1. The monoisotopic (exact) mass is 291 g/mol. The van der Waals surface area contributed by atoms with E-state index >= 15 is 0 Å². The van der Waals surface area contributed by atoms with Crippen molar-refractivity contribution in [1.29, 1.82) is 0 Å². The van der Waals surface area contributed by atoms with Gasteiger partial charge in [0.15, 0.2) is 0 Å². The van der Waals surface area contributed by atoms with Crippen LogP contribution in [-0.2, 0) is 0 Å². The van der Waals surface area contributed by atoms with E-state index in [1.54, 1.807) is 17.0 Å². The molecule has 1 heterocycles. The molecule has 0 aromatic heterocycles. The lowest BCUT2D eigenvalue weighted by Crippen LogP contribution is -2.49. The standard InChI is InChI=1S/C15H21N3O3/c1-10-3-4-14(18(20)21)13(8-10)15(19)17-6-5-11(2)7-12(17)9-16/h3-4,8,11-12H,5-7,9,16H2,1-2H3. The zero-order valence-corrected chi connectivity index (χ0v) is 12.4. The summed E-state index contributed by atoms with van der Waals surface area (Å²) >= 11 is 0. The highest BCUT2D eigenvalue weighted by Gasteiger charge is 2.32. The second-order valence-corrected chi connectivity index (χ2v) is 5.80. The smallest absolute Gasteiger partial charge is 0.282 e. The van der Waals surface area contributed by atoms with Crippen molar-refractivity contribution < 1.29 is 9.72 Å². The first-order valence-corrected chi connectivity index (χ1v) is 7.20. The summed E-state index contributed by atoms with van der Waals surface area (Å²) in [4.78, 5) is 25.0. The summed E-state index contributed by atoms with van der Waals surface area (Å²) in [7, 11) is 0. The van der Waals surface area contributed by atoms with E-state index in [0.29, 0.717) is 19.0 Å². The third-order valence-corrected chi connectivity index (χ3v) is 4.09. The topological polar surface area (TPSA) is 89.5 Å². The molecule has 114 valence electrons. The van der Waals surface area contributed by atoms with Crippen molar-refractivity contribution in [2.75, 3.05) is 13.1 Å². The molecule has 0 radical (unpaired) electrons. The van der Waals surface area contributed by atoms with E-state index in [4.69, 9.17) is 5.73 Å². The summed E-state index contributed by atoms with van der Waals surface area (Å²) < 4.78 is 0. The third-order valence-electron chi connectivity index (χ3n) is 4.09. The molecule has 0 spiro atoms. The molecule has 2 atom stereocenters. The van der Waals surface area contributed by atoms with E-state index in [1.807, 2.05) is 6.92 Å². The molecule has 21 heavy (non-hydrogen) atoms. The van der Waals surface area contributed by atoms with Crippen LogP contribution in [-0.4, -0.2) is 34.9 Å². The molecule has 1 aliphatic rings. The maximum absolute atomic E-state index is 12.7. The van der Waals surface area contributed by atoms with Gasteiger partial charge in [-0.25, -0.2) is 0 Å². The van der Waals surface area contributed by atoms with Crippen LogP contribution in [0.5, 0.6) is 0 Å². The number of nitro groups is 1. The molecule has 1 amide bonds. The number of carbonyl (C=O) groups excluding carboxylic acids is 1. The van der Waals surface area contributed by atoms with Crippen molar-refractivity contribution in [3.8, 4) is 0 Å². The lowest BCUT2D eigenvalue weighted by molar-refractivity contribution is -0.385. The van der Waals surface area contributed by atoms with Crippen LogP contribution in [0.1, 0.15) is 35.7 Å². The molecule has 6 nitrogen and oxygen atoms in total. The van der Waals surface area contributed by atoms with Crippen molar-refractivity contribution in [1.82, 2.24) is 4.90 Å². The van der Waals surface area contributed by atoms with Crippen molar-refractivity contribution in [3.63, 3.8) is 0 Å². The number of aryl methyl sites for hydroxylation is 1. The summed E-state index contributed by atoms with van der Waals surface area (Å²) in [5, 5.41) is 11.1. The van der Waals surface area contributed by atoms with Crippen molar-refractivity contribution in [2.45, 2.75) is 32.7 Å². The lowest BCUT2D eigenvalue weighted by atomic mass is 9.91. The van der Waals surface area contributed by atoms with E-state index < -0.39 is 4.92 Å². The van der Waals surface area contributed by atoms with E-state index in [9.17, 15) is 14.9 Å². The molecule has 2 unspecified atom stereocenters. The third kappa shape index (κ3) is 3.21. The first-order chi connectivity index (χ1) is 9.93. The Hall–Kier alpha value is -1.95. The predicted molar refractivity (Wildman–Crippen MR) is 80.1 cm³/mol. The average molecular weight is 291 g/mol. The van der Waals surface area contributed by atoms with Crippen LogP contribution in [0.25, 0.3) is 0 Å². The van der Waals surface area contributed by atoms with Crippen LogP contribution >= 0.6 is 0 Å². The molecule has 1 aliphatic heterocycles. The highest BCUT2D eigenvalue weighted by molar-refractivity contribution is 5.98. The molecule has 1 fully saturated rings. The Bertz CT molecular complexity index is 559. The molecular formula is C15H21N3O3. The number of hydrogen-bond donors (Lipinski definition) is 1. The minimum absolute atomic E-state index is 0.0404. The summed E-state index contributed by atoms with van der Waals surface area (Å²) in [5.41, 5.74) is 6.63. The van der Waals surface area contributed by atoms with E-state index in [1.165, 1.54) is 6.07 Å². The van der Waals surface area contributed by atoms with Crippen LogP contribution in [0, 0.1) is 23.0 Å². The Morgan fingerprint density at radius 2 is 2.24 bits per heavy atom. The zero-order valence-electron chi connectivity index (χ0n) is 12.4. The molecular weight excluding hydrogens is 270 g/mol. The maximum Gasteiger partial charge on any atom is 0.282 e. The Labute approximate surface area is 124 Å². The van der Waals surface area contributed by atoms with Gasteiger partial charge in [-0.15, -0.1) is 0 Å². The molecule has 0 bridgehead atoms. The zero-order chi connectivity index (χ0) is 15.6. The summed E-state index contributed by atoms with van der Waals surface area (Å²) in [5.74, 6) is 0.239. The lowest BCUT2D eigenvalue weighted by Gasteiger charge is -2.38. The highest BCUT2D eigenvalue weighted by atomic mass is 16.6. The van der Waals surface area contributed by atoms with E-state index in [0.717, 1.165) is 18.4 Å². The number of nitrogens with two attached hydrogens (primary N) is 1. The molecule has 0 aliphatic carbocycles. The van der Waals surface area contributed by atoms with Gasteiger partial charge in [0, 0.05) is 25.2 Å². The molecule has 1 aromatic carbocycles. The summed E-state index contributed by atoms with van der Waals surface area (Å²) in [6.45, 7) is 4.95. The number of nitro benzene ring substituents is 1. The van der Waals surface area contributed by atoms with Gasteiger partial charge in [0.25, 0.3) is 11.6 Å². The van der Waals surface area contributed by atoms with Crippen molar-refractivity contribution >= 4 is 11.6 Å². The fraction of sp³-hybridized carbons (Fsp3) is 0.533. The van der Waals surface area contributed by atoms with E-state index in [-0.39, 0.29) is 23.2 Å². The average Bonchev–Trinajstić information content (AvgIpc) is 2.45. The van der Waals surface area contributed by atoms with Crippen LogP contribution in [0.2, 0.25) is 0 Å². The minimum atomic E-state index is -0.503. The summed E-state index contributed by atoms with van der Waals surface area (Å²) in [6.07, 6.45) is 1.75. The Kier molecular flexibility index (Phi) is 4.57. The molecule has 0 saturated carbocycles. The molecule has 1 saturated heterocycles. The van der Waals surface area contributed by atoms with Crippen LogP contribution in [0.4, 0.5) is 5.69 Å². The second-order valence-electron chi connectivity index (χ2n) is 5.80. The number of hydrogen-bond acceptors (Lipinski definition) is 4. The maximum atomic E-state index is 12.7. The van der Waals surface area contributed by atoms with Crippen molar-refractivity contribution in [3.05, 3.63) is 39.4 Å². The molecule has 6 heteroatoms. The second kappa shape index (κ2) is 6.22. The fourth-order valence-electron chi connectivity index (χ4n) is 2.88. The highest BCUT2D eigenvalue weighted by Crippen LogP contribution is 2.27. The van der Waals surface area contributed by atoms with E-state index in [2.05, 4.69) is 6.92 Å². The van der Waals surface area contributed by atoms with Crippen molar-refractivity contribution in [2.24, 2.45) is 11.7 Å². The predicted octanol–water partition coefficient (Wildman–Crippen LogP) is 2.10. The Balaban J connectivity index is 2.35. The molecule has 2 N–H and O–H groups in total. The van der Waals surface area contributed by atoms with Gasteiger partial charge in [0.2, 0.25) is 0 Å². The number of rotatable bonds is 3. The normalized spacial score (nSPS) is 22.1. The van der Waals surface area contributed by atoms with Crippen LogP contribution in [0.15, 0.2) is 18.2 Å². The van der Waals surface area contributed by atoms with Crippen LogP contribution < -0.4 is 5.73 Å². The van der Waals surface area contributed by atoms with Gasteiger partial charge in [-0.2, -0.15) is 0 Å². The molecule has 1 aromatic rings. The Morgan fingerprint density at radius 1 is 1.52 bits per heavy atom. The quantitative estimate of drug-likeness (QED) is 0.682. The van der Waals surface area contributed by atoms with Gasteiger partial charge in [0.1, 0.15) is 5.56 Å². The number of benzene rings is 1. The largest absolute Gasteiger partial charge is 0.334 e. The number of nitrogens with zero attached hydrogens (tertiary/aromatic N) is 2. The van der Waals surface area contributed by atoms with Gasteiger partial charge >= 0.3 is 0 Å². The minimum Gasteiger partial charge on any atom is -0.334 e. The number of carbonyl (C=O) groups is 1. The first-order valence-electron chi connectivity index (χ1n) is 7.20. The first kappa shape index (κ1) is 15.4. The van der Waals surface area contributed by atoms with Crippen LogP contribution in [0.3, 0.4) is 0 Å². The Morgan fingerprint density at radius 3 is 2.86 bits per heavy atom. The van der Waals surface area contributed by atoms with Gasteiger partial charge in [-0.3, -0.25) is 14.9 Å². The SMILES string of the molecule is Cc1ccc([N+](=O)[O-])c(C(=O)N2CCC(C)CC2CN)c1. The van der Waals surface area contributed by atoms with Gasteiger partial charge in [-0.1, -0.05) is 13.0 Å². The number of likely N-dealkylation sites (tertiary alicyclic amines) is 1. The van der Waals surface area contributed by atoms with Gasteiger partial charge < -0.3 is 10.6 Å². The fourth-order valence-corrected chi connectivity index (χ4v) is 2.88. The number of piperidine rings is 1. The van der Waals surface area contributed by atoms with Gasteiger partial charge in [-0.05, 0) is 37.3 Å².